The standard InChI is InChI=1S/C24H30N4O3S2/c1-15-6-7-20-25-21(26-12-16(2)10-17(3)13-26)18(22(29)28(20)14-15)11-19-23(30)27(24(32)33-19)8-5-9-31-4/h6-7,11,14,16-17H,5,8-10,12-13H2,1-4H3/b19-11-/t16-,17-/m0/s1. The fourth-order valence-corrected chi connectivity index (χ4v) is 5.93. The van der Waals surface area contributed by atoms with Gasteiger partial charge in [0, 0.05) is 39.5 Å². The van der Waals surface area contributed by atoms with Crippen LogP contribution in [0.1, 0.15) is 37.8 Å². The summed E-state index contributed by atoms with van der Waals surface area (Å²) in [6.45, 7) is 9.11. The van der Waals surface area contributed by atoms with E-state index in [0.717, 1.165) is 25.1 Å². The highest BCUT2D eigenvalue weighted by Gasteiger charge is 2.33. The summed E-state index contributed by atoms with van der Waals surface area (Å²) >= 11 is 6.70. The summed E-state index contributed by atoms with van der Waals surface area (Å²) in [5.41, 5.74) is 1.84. The van der Waals surface area contributed by atoms with Crippen molar-refractivity contribution >= 4 is 51.7 Å². The zero-order chi connectivity index (χ0) is 23.7. The van der Waals surface area contributed by atoms with Crippen LogP contribution in [-0.2, 0) is 9.53 Å². The second kappa shape index (κ2) is 9.95. The number of hydrogen-bond acceptors (Lipinski definition) is 7. The molecule has 4 rings (SSSR count). The lowest BCUT2D eigenvalue weighted by molar-refractivity contribution is -0.122. The predicted octanol–water partition coefficient (Wildman–Crippen LogP) is 3.72. The van der Waals surface area contributed by atoms with E-state index >= 15 is 0 Å². The summed E-state index contributed by atoms with van der Waals surface area (Å²) < 4.78 is 7.18. The Morgan fingerprint density at radius 2 is 1.97 bits per heavy atom. The van der Waals surface area contributed by atoms with Gasteiger partial charge in [0.15, 0.2) is 0 Å². The van der Waals surface area contributed by atoms with Crippen molar-refractivity contribution < 1.29 is 9.53 Å². The number of aryl methyl sites for hydroxylation is 1. The molecule has 2 aromatic heterocycles. The van der Waals surface area contributed by atoms with E-state index in [4.69, 9.17) is 21.9 Å². The van der Waals surface area contributed by atoms with Crippen molar-refractivity contribution in [3.05, 3.63) is 44.7 Å². The van der Waals surface area contributed by atoms with Crippen molar-refractivity contribution in [3.8, 4) is 0 Å². The lowest BCUT2D eigenvalue weighted by Gasteiger charge is -2.36. The van der Waals surface area contributed by atoms with Crippen LogP contribution in [0.4, 0.5) is 5.82 Å². The van der Waals surface area contributed by atoms with Gasteiger partial charge in [0.05, 0.1) is 10.5 Å². The zero-order valence-corrected chi connectivity index (χ0v) is 21.2. The Morgan fingerprint density at radius 3 is 2.67 bits per heavy atom. The van der Waals surface area contributed by atoms with E-state index in [9.17, 15) is 9.59 Å². The van der Waals surface area contributed by atoms with E-state index in [-0.39, 0.29) is 11.5 Å². The van der Waals surface area contributed by atoms with Crippen LogP contribution in [-0.4, -0.2) is 57.9 Å². The van der Waals surface area contributed by atoms with Gasteiger partial charge in [-0.2, -0.15) is 0 Å². The van der Waals surface area contributed by atoms with Gasteiger partial charge in [0.1, 0.15) is 15.8 Å². The number of carbonyl (C=O) groups is 1. The molecule has 4 heterocycles. The van der Waals surface area contributed by atoms with Crippen LogP contribution in [0.5, 0.6) is 0 Å². The smallest absolute Gasteiger partial charge is 0.267 e. The fourth-order valence-electron chi connectivity index (χ4n) is 4.64. The minimum atomic E-state index is -0.172. The third kappa shape index (κ3) is 5.00. The van der Waals surface area contributed by atoms with E-state index in [1.807, 2.05) is 19.1 Å². The average molecular weight is 487 g/mol. The third-order valence-electron chi connectivity index (χ3n) is 6.03. The molecule has 2 fully saturated rings. The van der Waals surface area contributed by atoms with Gasteiger partial charge in [-0.05, 0) is 49.3 Å². The highest BCUT2D eigenvalue weighted by Crippen LogP contribution is 2.34. The minimum absolute atomic E-state index is 0.166. The van der Waals surface area contributed by atoms with Gasteiger partial charge < -0.3 is 9.64 Å². The number of carbonyl (C=O) groups excluding carboxylic acids is 1. The van der Waals surface area contributed by atoms with Crippen LogP contribution >= 0.6 is 24.0 Å². The monoisotopic (exact) mass is 486 g/mol. The number of ether oxygens (including phenoxy) is 1. The summed E-state index contributed by atoms with van der Waals surface area (Å²) in [4.78, 5) is 35.9. The average Bonchev–Trinajstić information content (AvgIpc) is 3.02. The maximum absolute atomic E-state index is 13.6. The van der Waals surface area contributed by atoms with E-state index in [1.165, 1.54) is 11.8 Å². The second-order valence-electron chi connectivity index (χ2n) is 9.12. The number of fused-ring (bicyclic) bond motifs is 1. The first kappa shape index (κ1) is 23.9. The Morgan fingerprint density at radius 1 is 1.24 bits per heavy atom. The van der Waals surface area contributed by atoms with Crippen molar-refractivity contribution in [2.75, 3.05) is 38.3 Å². The molecule has 1 amide bonds. The molecular weight excluding hydrogens is 456 g/mol. The summed E-state index contributed by atoms with van der Waals surface area (Å²) in [5, 5.41) is 0. The molecule has 2 saturated heterocycles. The molecule has 2 aliphatic rings. The van der Waals surface area contributed by atoms with Crippen molar-refractivity contribution in [3.63, 3.8) is 0 Å². The van der Waals surface area contributed by atoms with E-state index < -0.39 is 0 Å². The van der Waals surface area contributed by atoms with E-state index in [1.54, 1.807) is 28.7 Å². The molecule has 176 valence electrons. The number of thioether (sulfide) groups is 1. The second-order valence-corrected chi connectivity index (χ2v) is 10.8. The largest absolute Gasteiger partial charge is 0.385 e. The molecular formula is C24H30N4O3S2. The summed E-state index contributed by atoms with van der Waals surface area (Å²) in [5.74, 6) is 1.48. The number of thiocarbonyl (C=S) groups is 1. The molecule has 0 bridgehead atoms. The number of anilines is 1. The first-order valence-corrected chi connectivity index (χ1v) is 12.5. The molecule has 0 saturated carbocycles. The van der Waals surface area contributed by atoms with Crippen molar-refractivity contribution in [2.24, 2.45) is 11.8 Å². The highest BCUT2D eigenvalue weighted by molar-refractivity contribution is 8.26. The lowest BCUT2D eigenvalue weighted by atomic mass is 9.91. The number of pyridine rings is 1. The van der Waals surface area contributed by atoms with E-state index in [0.29, 0.717) is 57.7 Å². The van der Waals surface area contributed by atoms with Gasteiger partial charge in [-0.1, -0.05) is 43.9 Å². The molecule has 33 heavy (non-hydrogen) atoms. The normalized spacial score (nSPS) is 22.7. The maximum Gasteiger partial charge on any atom is 0.267 e. The fraction of sp³-hybridized carbons (Fsp3) is 0.500. The molecule has 0 radical (unpaired) electrons. The predicted molar refractivity (Wildman–Crippen MR) is 138 cm³/mol. The van der Waals surface area contributed by atoms with Crippen LogP contribution in [0.2, 0.25) is 0 Å². The van der Waals surface area contributed by atoms with Crippen LogP contribution in [0, 0.1) is 18.8 Å². The summed E-state index contributed by atoms with van der Waals surface area (Å²) in [6, 6.07) is 3.83. The van der Waals surface area contributed by atoms with Crippen molar-refractivity contribution in [1.29, 1.82) is 0 Å². The van der Waals surface area contributed by atoms with Gasteiger partial charge in [-0.3, -0.25) is 18.9 Å². The molecule has 7 nitrogen and oxygen atoms in total. The quantitative estimate of drug-likeness (QED) is 0.350. The number of rotatable bonds is 6. The van der Waals surface area contributed by atoms with Gasteiger partial charge in [-0.25, -0.2) is 4.98 Å². The number of nitrogens with zero attached hydrogens (tertiary/aromatic N) is 4. The number of piperidine rings is 1. The third-order valence-corrected chi connectivity index (χ3v) is 7.41. The van der Waals surface area contributed by atoms with Crippen molar-refractivity contribution in [2.45, 2.75) is 33.6 Å². The van der Waals surface area contributed by atoms with Gasteiger partial charge in [-0.15, -0.1) is 0 Å². The number of methoxy groups -OCH3 is 1. The summed E-state index contributed by atoms with van der Waals surface area (Å²) in [7, 11) is 1.63. The molecule has 2 aliphatic heterocycles. The molecule has 0 spiro atoms. The lowest BCUT2D eigenvalue weighted by Crippen LogP contribution is -2.40. The highest BCUT2D eigenvalue weighted by atomic mass is 32.2. The van der Waals surface area contributed by atoms with Gasteiger partial charge in [0.2, 0.25) is 0 Å². The Balaban J connectivity index is 1.80. The molecule has 2 aromatic rings. The van der Waals surface area contributed by atoms with E-state index in [2.05, 4.69) is 18.7 Å². The molecule has 0 unspecified atom stereocenters. The van der Waals surface area contributed by atoms with Crippen LogP contribution in [0.15, 0.2) is 28.0 Å². The van der Waals surface area contributed by atoms with Gasteiger partial charge >= 0.3 is 0 Å². The first-order valence-electron chi connectivity index (χ1n) is 11.3. The molecule has 0 N–H and O–H groups in total. The molecule has 0 aromatic carbocycles. The topological polar surface area (TPSA) is 67.2 Å². The maximum atomic E-state index is 13.6. The minimum Gasteiger partial charge on any atom is -0.385 e. The Labute approximate surface area is 203 Å². The SMILES string of the molecule is COCCCN1C(=O)/C(=C/c2c(N3C[C@@H](C)C[C@H](C)C3)nc3ccc(C)cn3c2=O)SC1=S. The Hall–Kier alpha value is -2.23. The van der Waals surface area contributed by atoms with Crippen LogP contribution < -0.4 is 10.5 Å². The number of aromatic nitrogens is 2. The zero-order valence-electron chi connectivity index (χ0n) is 19.5. The van der Waals surface area contributed by atoms with Crippen LogP contribution in [0.3, 0.4) is 0 Å². The van der Waals surface area contributed by atoms with Crippen LogP contribution in [0.25, 0.3) is 11.7 Å². The van der Waals surface area contributed by atoms with Gasteiger partial charge in [0.25, 0.3) is 11.5 Å². The Kier molecular flexibility index (Phi) is 7.21. The Bertz CT molecular complexity index is 1170. The summed E-state index contributed by atoms with van der Waals surface area (Å²) in [6.07, 6.45) is 5.34. The molecule has 0 aliphatic carbocycles. The van der Waals surface area contributed by atoms with Crippen molar-refractivity contribution in [1.82, 2.24) is 14.3 Å². The number of amides is 1. The first-order chi connectivity index (χ1) is 15.8. The molecule has 9 heteroatoms. The number of hydrogen-bond donors (Lipinski definition) is 0. The molecule has 2 atom stereocenters.